The Hall–Kier alpha value is -1.14. The molecule has 21 heavy (non-hydrogen) atoms. The molecule has 0 spiro atoms. The Kier molecular flexibility index (Phi) is 4.88. The molecule has 0 heterocycles. The van der Waals surface area contributed by atoms with Gasteiger partial charge in [-0.2, -0.15) is 8.42 Å². The maximum atomic E-state index is 12.4. The van der Waals surface area contributed by atoms with Crippen molar-refractivity contribution in [1.29, 1.82) is 0 Å². The van der Waals surface area contributed by atoms with Gasteiger partial charge in [-0.1, -0.05) is 40.9 Å². The van der Waals surface area contributed by atoms with E-state index in [4.69, 9.17) is 43.7 Å². The van der Waals surface area contributed by atoms with Crippen LogP contribution >= 0.6 is 34.8 Å². The lowest BCUT2D eigenvalue weighted by Crippen LogP contribution is -2.11. The number of hydrogen-bond donors (Lipinski definition) is 0. The molecule has 0 bridgehead atoms. The van der Waals surface area contributed by atoms with Crippen molar-refractivity contribution < 1.29 is 17.3 Å². The molecule has 0 radical (unpaired) electrons. The Morgan fingerprint density at radius 2 is 1.62 bits per heavy atom. The second kappa shape index (κ2) is 6.32. The third kappa shape index (κ3) is 3.55. The largest absolute Gasteiger partial charge is 0.495 e. The first-order valence-corrected chi connectivity index (χ1v) is 8.11. The van der Waals surface area contributed by atoms with Crippen molar-refractivity contribution in [2.75, 3.05) is 7.11 Å². The van der Waals surface area contributed by atoms with E-state index in [1.807, 2.05) is 0 Å². The highest BCUT2D eigenvalue weighted by atomic mass is 35.5. The highest BCUT2D eigenvalue weighted by Gasteiger charge is 2.24. The Morgan fingerprint density at radius 3 is 2.19 bits per heavy atom. The highest BCUT2D eigenvalue weighted by Crippen LogP contribution is 2.36. The molecular weight excluding hydrogens is 359 g/mol. The first kappa shape index (κ1) is 16.2. The number of ether oxygens (including phenoxy) is 1. The fourth-order valence-corrected chi connectivity index (χ4v) is 3.52. The van der Waals surface area contributed by atoms with Gasteiger partial charge in [-0.15, -0.1) is 0 Å². The molecule has 0 aliphatic carbocycles. The molecule has 0 fully saturated rings. The van der Waals surface area contributed by atoms with Crippen molar-refractivity contribution in [3.63, 3.8) is 0 Å². The summed E-state index contributed by atoms with van der Waals surface area (Å²) in [5.41, 5.74) is 0. The van der Waals surface area contributed by atoms with Crippen LogP contribution in [0.25, 0.3) is 0 Å². The zero-order chi connectivity index (χ0) is 15.6. The van der Waals surface area contributed by atoms with Crippen molar-refractivity contribution >= 4 is 44.9 Å². The number of benzene rings is 2. The molecule has 0 aromatic heterocycles. The second-order valence-corrected chi connectivity index (χ2v) is 6.65. The number of para-hydroxylation sites is 1. The van der Waals surface area contributed by atoms with Crippen LogP contribution in [-0.2, 0) is 10.1 Å². The number of methoxy groups -OCH3 is 1. The van der Waals surface area contributed by atoms with Gasteiger partial charge in [0, 0.05) is 5.02 Å². The summed E-state index contributed by atoms with van der Waals surface area (Å²) in [6.07, 6.45) is 0. The molecule has 2 aromatic rings. The Morgan fingerprint density at radius 1 is 1.00 bits per heavy atom. The van der Waals surface area contributed by atoms with Crippen molar-refractivity contribution in [3.8, 4) is 11.5 Å². The standard InChI is InChI=1S/C13H9Cl3O4S/c1-19-11-6-5-8(14)7-12(11)21(17,18)20-13-9(15)3-2-4-10(13)16/h2-7H,1H3. The topological polar surface area (TPSA) is 52.6 Å². The molecule has 2 aromatic carbocycles. The molecule has 0 atom stereocenters. The van der Waals surface area contributed by atoms with E-state index in [0.29, 0.717) is 0 Å². The molecule has 112 valence electrons. The summed E-state index contributed by atoms with van der Waals surface area (Å²) in [5, 5.41) is 0.377. The average Bonchev–Trinajstić information content (AvgIpc) is 2.43. The lowest BCUT2D eigenvalue weighted by atomic mass is 10.3. The molecule has 0 amide bonds. The smallest absolute Gasteiger partial charge is 0.343 e. The van der Waals surface area contributed by atoms with Gasteiger partial charge in [0.05, 0.1) is 17.2 Å². The molecule has 0 unspecified atom stereocenters. The lowest BCUT2D eigenvalue weighted by molar-refractivity contribution is 0.398. The average molecular weight is 368 g/mol. The first-order chi connectivity index (χ1) is 9.85. The van der Waals surface area contributed by atoms with E-state index in [1.165, 1.54) is 37.4 Å². The van der Waals surface area contributed by atoms with Crippen molar-refractivity contribution in [1.82, 2.24) is 0 Å². The SMILES string of the molecule is COc1ccc(Cl)cc1S(=O)(=O)Oc1c(Cl)cccc1Cl. The predicted molar refractivity (Wildman–Crippen MR) is 82.3 cm³/mol. The molecule has 0 aliphatic heterocycles. The van der Waals surface area contributed by atoms with Crippen LogP contribution in [0.2, 0.25) is 15.1 Å². The maximum Gasteiger partial charge on any atom is 0.343 e. The van der Waals surface area contributed by atoms with Crippen LogP contribution in [-0.4, -0.2) is 15.5 Å². The van der Waals surface area contributed by atoms with E-state index in [-0.39, 0.29) is 31.5 Å². The van der Waals surface area contributed by atoms with Gasteiger partial charge in [0.1, 0.15) is 10.6 Å². The molecular formula is C13H9Cl3O4S. The van der Waals surface area contributed by atoms with Gasteiger partial charge in [0.2, 0.25) is 0 Å². The van der Waals surface area contributed by atoms with E-state index in [0.717, 1.165) is 0 Å². The predicted octanol–water partition coefficient (Wildman–Crippen LogP) is 4.42. The van der Waals surface area contributed by atoms with Gasteiger partial charge in [-0.25, -0.2) is 0 Å². The van der Waals surface area contributed by atoms with Crippen molar-refractivity contribution in [3.05, 3.63) is 51.5 Å². The van der Waals surface area contributed by atoms with Crippen LogP contribution < -0.4 is 8.92 Å². The second-order valence-electron chi connectivity index (χ2n) is 3.88. The molecule has 8 heteroatoms. The van der Waals surface area contributed by atoms with Crippen LogP contribution in [0.5, 0.6) is 11.5 Å². The quantitative estimate of drug-likeness (QED) is 0.751. The Labute approximate surface area is 137 Å². The molecule has 0 saturated heterocycles. The summed E-state index contributed by atoms with van der Waals surface area (Å²) in [5.74, 6) is -0.0505. The summed E-state index contributed by atoms with van der Waals surface area (Å²) in [7, 11) is -2.86. The van der Waals surface area contributed by atoms with Gasteiger partial charge in [0.15, 0.2) is 5.75 Å². The van der Waals surface area contributed by atoms with E-state index in [2.05, 4.69) is 0 Å². The van der Waals surface area contributed by atoms with Gasteiger partial charge >= 0.3 is 10.1 Å². The minimum atomic E-state index is -4.20. The highest BCUT2D eigenvalue weighted by molar-refractivity contribution is 7.87. The third-order valence-corrected chi connectivity index (χ3v) is 4.58. The van der Waals surface area contributed by atoms with Crippen LogP contribution in [0.15, 0.2) is 41.3 Å². The number of rotatable bonds is 4. The van der Waals surface area contributed by atoms with E-state index in [9.17, 15) is 8.42 Å². The van der Waals surface area contributed by atoms with E-state index >= 15 is 0 Å². The zero-order valence-corrected chi connectivity index (χ0v) is 13.7. The first-order valence-electron chi connectivity index (χ1n) is 5.57. The van der Waals surface area contributed by atoms with Crippen LogP contribution in [0, 0.1) is 0 Å². The van der Waals surface area contributed by atoms with E-state index in [1.54, 1.807) is 6.07 Å². The minimum Gasteiger partial charge on any atom is -0.495 e. The van der Waals surface area contributed by atoms with Gasteiger partial charge < -0.3 is 8.92 Å². The Balaban J connectivity index is 2.51. The molecule has 0 N–H and O–H groups in total. The summed E-state index contributed by atoms with van der Waals surface area (Å²) >= 11 is 17.6. The summed E-state index contributed by atoms with van der Waals surface area (Å²) in [6.45, 7) is 0. The fraction of sp³-hybridized carbons (Fsp3) is 0.0769. The van der Waals surface area contributed by atoms with Crippen molar-refractivity contribution in [2.24, 2.45) is 0 Å². The van der Waals surface area contributed by atoms with Crippen LogP contribution in [0.3, 0.4) is 0 Å². The lowest BCUT2D eigenvalue weighted by Gasteiger charge is -2.12. The van der Waals surface area contributed by atoms with Gasteiger partial charge in [0.25, 0.3) is 0 Å². The normalized spacial score (nSPS) is 11.2. The van der Waals surface area contributed by atoms with Gasteiger partial charge in [-0.3, -0.25) is 0 Å². The minimum absolute atomic E-state index is 0.0760. The van der Waals surface area contributed by atoms with E-state index < -0.39 is 10.1 Å². The fourth-order valence-electron chi connectivity index (χ4n) is 1.56. The molecule has 0 saturated carbocycles. The zero-order valence-electron chi connectivity index (χ0n) is 10.6. The summed E-state index contributed by atoms with van der Waals surface area (Å²) in [4.78, 5) is -0.214. The Bertz CT molecular complexity index is 755. The maximum absolute atomic E-state index is 12.4. The monoisotopic (exact) mass is 366 g/mol. The number of hydrogen-bond acceptors (Lipinski definition) is 4. The van der Waals surface area contributed by atoms with Crippen molar-refractivity contribution in [2.45, 2.75) is 4.90 Å². The van der Waals surface area contributed by atoms with Crippen LogP contribution in [0.1, 0.15) is 0 Å². The number of halogens is 3. The molecule has 4 nitrogen and oxygen atoms in total. The summed E-state index contributed by atoms with van der Waals surface area (Å²) < 4.78 is 34.7. The van der Waals surface area contributed by atoms with Crippen LogP contribution in [0.4, 0.5) is 0 Å². The van der Waals surface area contributed by atoms with Gasteiger partial charge in [-0.05, 0) is 30.3 Å². The molecule has 2 rings (SSSR count). The summed E-state index contributed by atoms with van der Waals surface area (Å²) in [6, 6.07) is 8.65. The third-order valence-electron chi connectivity index (χ3n) is 2.51. The molecule has 0 aliphatic rings.